The smallest absolute Gasteiger partial charge is 0.214 e. The molecule has 4 nitrogen and oxygen atoms in total. The van der Waals surface area contributed by atoms with Gasteiger partial charge in [0, 0.05) is 13.1 Å². The van der Waals surface area contributed by atoms with Crippen LogP contribution in [0.5, 0.6) is 0 Å². The van der Waals surface area contributed by atoms with Gasteiger partial charge in [-0.2, -0.15) is 0 Å². The van der Waals surface area contributed by atoms with E-state index >= 15 is 0 Å². The Morgan fingerprint density at radius 3 is 2.29 bits per heavy atom. The average molecular weight is 262 g/mol. The summed E-state index contributed by atoms with van der Waals surface area (Å²) in [5, 5.41) is 3.22. The van der Waals surface area contributed by atoms with Crippen molar-refractivity contribution >= 4 is 10.0 Å². The van der Waals surface area contributed by atoms with Crippen LogP contribution in [0.3, 0.4) is 0 Å². The van der Waals surface area contributed by atoms with Gasteiger partial charge in [-0.3, -0.25) is 0 Å². The van der Waals surface area contributed by atoms with E-state index in [0.717, 1.165) is 51.9 Å². The Kier molecular flexibility index (Phi) is 7.08. The molecule has 0 aromatic rings. The third-order valence-corrected chi connectivity index (χ3v) is 5.17. The summed E-state index contributed by atoms with van der Waals surface area (Å²) in [6.45, 7) is 5.41. The first kappa shape index (κ1) is 14.9. The zero-order chi connectivity index (χ0) is 12.6. The molecule has 0 spiro atoms. The van der Waals surface area contributed by atoms with E-state index in [1.165, 1.54) is 12.8 Å². The Hall–Kier alpha value is -0.130. The molecule has 0 aromatic carbocycles. The Bertz CT molecular complexity index is 283. The Morgan fingerprint density at radius 2 is 1.71 bits per heavy atom. The van der Waals surface area contributed by atoms with E-state index in [1.807, 2.05) is 0 Å². The zero-order valence-electron chi connectivity index (χ0n) is 11.0. The third kappa shape index (κ3) is 5.84. The number of hydrogen-bond donors (Lipinski definition) is 1. The molecule has 1 N–H and O–H groups in total. The topological polar surface area (TPSA) is 49.4 Å². The minimum absolute atomic E-state index is 0.318. The number of hydrogen-bond acceptors (Lipinski definition) is 3. The molecule has 5 heteroatoms. The second kappa shape index (κ2) is 8.06. The largest absolute Gasteiger partial charge is 0.317 e. The van der Waals surface area contributed by atoms with Gasteiger partial charge >= 0.3 is 0 Å². The standard InChI is InChI=1S/C12H26N2O2S/c1-2-13-9-5-8-12-17(15,16)14-10-6-3-4-7-11-14/h13H,2-12H2,1H3. The second-order valence-corrected chi connectivity index (χ2v) is 6.78. The fraction of sp³-hybridized carbons (Fsp3) is 1.00. The summed E-state index contributed by atoms with van der Waals surface area (Å²) in [7, 11) is -2.99. The van der Waals surface area contributed by atoms with Crippen LogP contribution in [0, 0.1) is 0 Å². The van der Waals surface area contributed by atoms with Crippen LogP contribution in [0.25, 0.3) is 0 Å². The molecule has 0 aromatic heterocycles. The van der Waals surface area contributed by atoms with Crippen molar-refractivity contribution in [3.63, 3.8) is 0 Å². The SMILES string of the molecule is CCNCCCCS(=O)(=O)N1CCCCCC1. The van der Waals surface area contributed by atoms with Crippen LogP contribution < -0.4 is 5.32 Å². The highest BCUT2D eigenvalue weighted by Crippen LogP contribution is 2.14. The Labute approximate surface area is 106 Å². The number of rotatable bonds is 7. The number of nitrogens with one attached hydrogen (secondary N) is 1. The molecule has 1 rings (SSSR count). The maximum absolute atomic E-state index is 12.1. The first-order valence-corrected chi connectivity index (χ1v) is 8.46. The predicted molar refractivity (Wildman–Crippen MR) is 71.6 cm³/mol. The summed E-state index contributed by atoms with van der Waals surface area (Å²) in [5.74, 6) is 0.318. The molecule has 1 fully saturated rings. The predicted octanol–water partition coefficient (Wildman–Crippen LogP) is 1.58. The average Bonchev–Trinajstić information content (AvgIpc) is 2.57. The van der Waals surface area contributed by atoms with Crippen LogP contribution >= 0.6 is 0 Å². The van der Waals surface area contributed by atoms with Gasteiger partial charge in [-0.1, -0.05) is 19.8 Å². The number of unbranched alkanes of at least 4 members (excludes halogenated alkanes) is 1. The third-order valence-electron chi connectivity index (χ3n) is 3.21. The van der Waals surface area contributed by atoms with Crippen LogP contribution in [0.1, 0.15) is 45.4 Å². The molecule has 17 heavy (non-hydrogen) atoms. The van der Waals surface area contributed by atoms with Crippen molar-refractivity contribution in [1.29, 1.82) is 0 Å². The molecular weight excluding hydrogens is 236 g/mol. The monoisotopic (exact) mass is 262 g/mol. The van der Waals surface area contributed by atoms with Gasteiger partial charge in [-0.05, 0) is 38.8 Å². The van der Waals surface area contributed by atoms with Crippen LogP contribution in [-0.4, -0.2) is 44.7 Å². The molecule has 0 atom stereocenters. The van der Waals surface area contributed by atoms with Gasteiger partial charge in [-0.15, -0.1) is 0 Å². The molecule has 0 radical (unpaired) electrons. The molecule has 1 aliphatic heterocycles. The summed E-state index contributed by atoms with van der Waals surface area (Å²) >= 11 is 0. The molecule has 1 heterocycles. The minimum Gasteiger partial charge on any atom is -0.317 e. The van der Waals surface area contributed by atoms with Crippen molar-refractivity contribution < 1.29 is 8.42 Å². The molecular formula is C12H26N2O2S. The highest BCUT2D eigenvalue weighted by atomic mass is 32.2. The van der Waals surface area contributed by atoms with Gasteiger partial charge in [-0.25, -0.2) is 12.7 Å². The number of nitrogens with zero attached hydrogens (tertiary/aromatic N) is 1. The van der Waals surface area contributed by atoms with Crippen LogP contribution in [0.2, 0.25) is 0 Å². The lowest BCUT2D eigenvalue weighted by atomic mass is 10.2. The molecule has 0 unspecified atom stereocenters. The lowest BCUT2D eigenvalue weighted by Gasteiger charge is -2.19. The molecule has 0 bridgehead atoms. The maximum atomic E-state index is 12.1. The lowest BCUT2D eigenvalue weighted by Crippen LogP contribution is -2.34. The van der Waals surface area contributed by atoms with Crippen molar-refractivity contribution in [2.24, 2.45) is 0 Å². The van der Waals surface area contributed by atoms with Crippen molar-refractivity contribution in [2.75, 3.05) is 31.9 Å². The van der Waals surface area contributed by atoms with Crippen LogP contribution in [0.4, 0.5) is 0 Å². The van der Waals surface area contributed by atoms with Gasteiger partial charge in [0.2, 0.25) is 10.0 Å². The van der Waals surface area contributed by atoms with Gasteiger partial charge in [0.25, 0.3) is 0 Å². The Balaban J connectivity index is 2.28. The highest BCUT2D eigenvalue weighted by Gasteiger charge is 2.21. The van der Waals surface area contributed by atoms with Gasteiger partial charge in [0.1, 0.15) is 0 Å². The summed E-state index contributed by atoms with van der Waals surface area (Å²) in [5.41, 5.74) is 0. The fourth-order valence-electron chi connectivity index (χ4n) is 2.16. The zero-order valence-corrected chi connectivity index (χ0v) is 11.8. The molecule has 0 aliphatic carbocycles. The summed E-state index contributed by atoms with van der Waals surface area (Å²) in [6, 6.07) is 0. The molecule has 1 aliphatic rings. The van der Waals surface area contributed by atoms with Gasteiger partial charge in [0.15, 0.2) is 0 Å². The fourth-order valence-corrected chi connectivity index (χ4v) is 3.80. The van der Waals surface area contributed by atoms with E-state index < -0.39 is 10.0 Å². The van der Waals surface area contributed by atoms with Crippen LogP contribution in [0.15, 0.2) is 0 Å². The first-order chi connectivity index (χ1) is 8.17. The summed E-state index contributed by atoms with van der Waals surface area (Å²) in [6.07, 6.45) is 6.11. The van der Waals surface area contributed by atoms with E-state index in [2.05, 4.69) is 12.2 Å². The minimum atomic E-state index is -2.99. The van der Waals surface area contributed by atoms with Crippen molar-refractivity contribution in [3.8, 4) is 0 Å². The van der Waals surface area contributed by atoms with Crippen molar-refractivity contribution in [2.45, 2.75) is 45.4 Å². The van der Waals surface area contributed by atoms with E-state index in [1.54, 1.807) is 4.31 Å². The van der Waals surface area contributed by atoms with Crippen molar-refractivity contribution in [3.05, 3.63) is 0 Å². The second-order valence-electron chi connectivity index (χ2n) is 4.69. The highest BCUT2D eigenvalue weighted by molar-refractivity contribution is 7.89. The quantitative estimate of drug-likeness (QED) is 0.709. The van der Waals surface area contributed by atoms with E-state index in [4.69, 9.17) is 0 Å². The van der Waals surface area contributed by atoms with E-state index in [0.29, 0.717) is 5.75 Å². The summed E-state index contributed by atoms with van der Waals surface area (Å²) < 4.78 is 25.9. The molecule has 1 saturated heterocycles. The van der Waals surface area contributed by atoms with Gasteiger partial charge < -0.3 is 5.32 Å². The Morgan fingerprint density at radius 1 is 1.06 bits per heavy atom. The molecule has 102 valence electrons. The van der Waals surface area contributed by atoms with Crippen LogP contribution in [-0.2, 0) is 10.0 Å². The van der Waals surface area contributed by atoms with Gasteiger partial charge in [0.05, 0.1) is 5.75 Å². The van der Waals surface area contributed by atoms with Crippen molar-refractivity contribution in [1.82, 2.24) is 9.62 Å². The first-order valence-electron chi connectivity index (χ1n) is 6.85. The summed E-state index contributed by atoms with van der Waals surface area (Å²) in [4.78, 5) is 0. The van der Waals surface area contributed by atoms with E-state index in [9.17, 15) is 8.42 Å². The molecule has 0 amide bonds. The maximum Gasteiger partial charge on any atom is 0.214 e. The normalized spacial score (nSPS) is 19.1. The molecule has 0 saturated carbocycles. The number of sulfonamides is 1. The van der Waals surface area contributed by atoms with E-state index in [-0.39, 0.29) is 0 Å². The lowest BCUT2D eigenvalue weighted by molar-refractivity contribution is 0.422.